The lowest BCUT2D eigenvalue weighted by Gasteiger charge is -2.33. The molecule has 1 saturated carbocycles. The number of carbonyl (C=O) groups is 1. The first-order chi connectivity index (χ1) is 9.26. The summed E-state index contributed by atoms with van der Waals surface area (Å²) in [5.74, 6) is -5.06. The number of aromatic nitrogens is 1. The van der Waals surface area contributed by atoms with Gasteiger partial charge in [0.2, 0.25) is 0 Å². The van der Waals surface area contributed by atoms with Gasteiger partial charge in [0, 0.05) is 18.1 Å². The van der Waals surface area contributed by atoms with Gasteiger partial charge in [-0.1, -0.05) is 12.8 Å². The average Bonchev–Trinajstić information content (AvgIpc) is 2.98. The molecular weight excluding hydrogens is 286 g/mol. The van der Waals surface area contributed by atoms with Crippen molar-refractivity contribution in [1.82, 2.24) is 9.88 Å². The molecular formula is C13H18F2N2O2S. The van der Waals surface area contributed by atoms with Crippen molar-refractivity contribution in [1.29, 1.82) is 0 Å². The van der Waals surface area contributed by atoms with Crippen LogP contribution in [0.5, 0.6) is 0 Å². The zero-order chi connectivity index (χ0) is 15.0. The van der Waals surface area contributed by atoms with Crippen molar-refractivity contribution in [2.24, 2.45) is 0 Å². The van der Waals surface area contributed by atoms with E-state index in [1.807, 2.05) is 6.92 Å². The lowest BCUT2D eigenvalue weighted by atomic mass is 9.92. The first-order valence-corrected chi connectivity index (χ1v) is 7.35. The maximum atomic E-state index is 14.2. The van der Waals surface area contributed by atoms with Gasteiger partial charge in [-0.25, -0.2) is 4.98 Å². The van der Waals surface area contributed by atoms with Crippen LogP contribution in [0, 0.1) is 6.92 Å². The summed E-state index contributed by atoms with van der Waals surface area (Å²) in [4.78, 5) is 17.7. The van der Waals surface area contributed by atoms with E-state index in [0.717, 1.165) is 14.8 Å². The highest BCUT2D eigenvalue weighted by atomic mass is 32.1. The number of carbonyl (C=O) groups excluding carboxylic acids is 1. The fourth-order valence-corrected chi connectivity index (χ4v) is 3.35. The van der Waals surface area contributed by atoms with Crippen LogP contribution in [0.4, 0.5) is 8.78 Å². The van der Waals surface area contributed by atoms with E-state index in [1.54, 1.807) is 6.20 Å². The number of thiazole rings is 1. The summed E-state index contributed by atoms with van der Waals surface area (Å²) in [5, 5.41) is 10.8. The van der Waals surface area contributed by atoms with Crippen LogP contribution >= 0.6 is 11.3 Å². The Morgan fingerprint density at radius 2 is 2.15 bits per heavy atom. The highest BCUT2D eigenvalue weighted by molar-refractivity contribution is 7.11. The lowest BCUT2D eigenvalue weighted by molar-refractivity contribution is -0.199. The van der Waals surface area contributed by atoms with Gasteiger partial charge in [0.1, 0.15) is 5.60 Å². The van der Waals surface area contributed by atoms with Crippen LogP contribution in [0.25, 0.3) is 0 Å². The Bertz CT molecular complexity index is 498. The number of alkyl halides is 2. The number of hydrogen-bond donors (Lipinski definition) is 1. The smallest absolute Gasteiger partial charge is 0.352 e. The molecule has 0 aliphatic heterocycles. The molecule has 20 heavy (non-hydrogen) atoms. The fraction of sp³-hybridized carbons (Fsp3) is 0.692. The summed E-state index contributed by atoms with van der Waals surface area (Å²) in [5.41, 5.74) is -2.19. The Balaban J connectivity index is 2.09. The molecule has 0 atom stereocenters. The van der Waals surface area contributed by atoms with Crippen molar-refractivity contribution < 1.29 is 18.7 Å². The quantitative estimate of drug-likeness (QED) is 0.929. The third-order valence-corrected chi connectivity index (χ3v) is 4.59. The van der Waals surface area contributed by atoms with Crippen LogP contribution in [-0.4, -0.2) is 39.5 Å². The van der Waals surface area contributed by atoms with Crippen molar-refractivity contribution in [2.45, 2.75) is 50.7 Å². The molecule has 1 amide bonds. The lowest BCUT2D eigenvalue weighted by Crippen LogP contribution is -2.56. The molecule has 7 heteroatoms. The van der Waals surface area contributed by atoms with Crippen molar-refractivity contribution in [3.05, 3.63) is 16.1 Å². The molecule has 112 valence electrons. The maximum Gasteiger partial charge on any atom is 0.352 e. The molecule has 4 nitrogen and oxygen atoms in total. The highest BCUT2D eigenvalue weighted by Crippen LogP contribution is 2.42. The average molecular weight is 304 g/mol. The van der Waals surface area contributed by atoms with Crippen LogP contribution < -0.4 is 0 Å². The zero-order valence-corrected chi connectivity index (χ0v) is 12.3. The van der Waals surface area contributed by atoms with E-state index < -0.39 is 17.4 Å². The van der Waals surface area contributed by atoms with Gasteiger partial charge in [-0.15, -0.1) is 11.3 Å². The molecule has 0 spiro atoms. The molecule has 0 unspecified atom stereocenters. The second kappa shape index (κ2) is 5.37. The van der Waals surface area contributed by atoms with E-state index in [0.29, 0.717) is 12.8 Å². The molecule has 0 radical (unpaired) electrons. The molecule has 1 aromatic heterocycles. The third-order valence-electron chi connectivity index (χ3n) is 3.69. The van der Waals surface area contributed by atoms with Crippen LogP contribution in [0.15, 0.2) is 6.20 Å². The minimum absolute atomic E-state index is 0.0285. The Hall–Kier alpha value is -1.08. The van der Waals surface area contributed by atoms with Crippen LogP contribution in [-0.2, 0) is 11.3 Å². The summed E-state index contributed by atoms with van der Waals surface area (Å²) in [6, 6.07) is 0. The van der Waals surface area contributed by atoms with Gasteiger partial charge in [0.15, 0.2) is 0 Å². The molecule has 2 rings (SSSR count). The van der Waals surface area contributed by atoms with Gasteiger partial charge in [-0.3, -0.25) is 4.79 Å². The topological polar surface area (TPSA) is 53.4 Å². The number of aryl methyl sites for hydroxylation is 1. The van der Waals surface area contributed by atoms with Gasteiger partial charge in [0.05, 0.1) is 11.6 Å². The van der Waals surface area contributed by atoms with E-state index in [4.69, 9.17) is 0 Å². The van der Waals surface area contributed by atoms with Crippen molar-refractivity contribution in [2.75, 3.05) is 7.05 Å². The predicted octanol–water partition coefficient (Wildman–Crippen LogP) is 2.35. The van der Waals surface area contributed by atoms with Crippen LogP contribution in [0.3, 0.4) is 0 Å². The van der Waals surface area contributed by atoms with Crippen molar-refractivity contribution >= 4 is 17.2 Å². The molecule has 1 aliphatic rings. The molecule has 1 aromatic rings. The van der Waals surface area contributed by atoms with Gasteiger partial charge in [-0.2, -0.15) is 8.78 Å². The van der Waals surface area contributed by atoms with Crippen molar-refractivity contribution in [3.63, 3.8) is 0 Å². The van der Waals surface area contributed by atoms with Gasteiger partial charge < -0.3 is 10.0 Å². The Morgan fingerprint density at radius 3 is 2.65 bits per heavy atom. The van der Waals surface area contributed by atoms with Crippen molar-refractivity contribution in [3.8, 4) is 0 Å². The third kappa shape index (κ3) is 2.69. The van der Waals surface area contributed by atoms with E-state index in [2.05, 4.69) is 4.98 Å². The molecule has 0 bridgehead atoms. The van der Waals surface area contributed by atoms with Crippen LogP contribution in [0.1, 0.15) is 35.6 Å². The van der Waals surface area contributed by atoms with Gasteiger partial charge >= 0.3 is 5.92 Å². The first-order valence-electron chi connectivity index (χ1n) is 6.53. The van der Waals surface area contributed by atoms with E-state index in [1.165, 1.54) is 18.4 Å². The second-order valence-corrected chi connectivity index (χ2v) is 6.64. The normalized spacial score (nSPS) is 18.2. The molecule has 0 saturated heterocycles. The SMILES string of the molecule is Cc1ncc(CN(C)C(=O)C(F)(F)C2(O)CCCC2)s1. The van der Waals surface area contributed by atoms with Gasteiger partial charge in [0.25, 0.3) is 5.91 Å². The summed E-state index contributed by atoms with van der Waals surface area (Å²) < 4.78 is 28.4. The number of hydrogen-bond acceptors (Lipinski definition) is 4. The highest BCUT2D eigenvalue weighted by Gasteiger charge is 2.59. The van der Waals surface area contributed by atoms with E-state index in [-0.39, 0.29) is 19.4 Å². The molecule has 1 heterocycles. The fourth-order valence-electron chi connectivity index (χ4n) is 2.50. The van der Waals surface area contributed by atoms with Crippen LogP contribution in [0.2, 0.25) is 0 Å². The number of amides is 1. The monoisotopic (exact) mass is 304 g/mol. The summed E-state index contributed by atoms with van der Waals surface area (Å²) in [7, 11) is 1.32. The number of aliphatic hydroxyl groups is 1. The van der Waals surface area contributed by atoms with Gasteiger partial charge in [-0.05, 0) is 19.8 Å². The maximum absolute atomic E-state index is 14.2. The summed E-state index contributed by atoms with van der Waals surface area (Å²) in [6.45, 7) is 1.89. The molecule has 1 aliphatic carbocycles. The minimum atomic E-state index is -3.74. The standard InChI is InChI=1S/C13H18F2N2O2S/c1-9-16-7-10(20-9)8-17(2)11(18)13(14,15)12(19)5-3-4-6-12/h7,19H,3-6,8H2,1-2H3. The molecule has 1 fully saturated rings. The Labute approximate surface area is 120 Å². The Morgan fingerprint density at radius 1 is 1.55 bits per heavy atom. The Kier molecular flexibility index (Phi) is 4.11. The minimum Gasteiger partial charge on any atom is -0.383 e. The number of rotatable bonds is 4. The number of nitrogens with zero attached hydrogens (tertiary/aromatic N) is 2. The van der Waals surface area contributed by atoms with E-state index in [9.17, 15) is 18.7 Å². The van der Waals surface area contributed by atoms with E-state index >= 15 is 0 Å². The molecule has 0 aromatic carbocycles. The molecule has 1 N–H and O–H groups in total. The summed E-state index contributed by atoms with van der Waals surface area (Å²) in [6.07, 6.45) is 2.57. The zero-order valence-electron chi connectivity index (χ0n) is 11.5. The summed E-state index contributed by atoms with van der Waals surface area (Å²) >= 11 is 1.36. The second-order valence-electron chi connectivity index (χ2n) is 5.32. The number of halogens is 2. The largest absolute Gasteiger partial charge is 0.383 e. The first kappa shape index (κ1) is 15.3. The predicted molar refractivity (Wildman–Crippen MR) is 71.7 cm³/mol.